The molecule has 2 aliphatic rings. The summed E-state index contributed by atoms with van der Waals surface area (Å²) in [5.41, 5.74) is 1.24. The lowest BCUT2D eigenvalue weighted by Gasteiger charge is -2.18. The number of nitrogens with zero attached hydrogens (tertiary/aromatic N) is 2. The van der Waals surface area contributed by atoms with Gasteiger partial charge in [0.05, 0.1) is 9.26 Å². The molecule has 0 aliphatic heterocycles. The summed E-state index contributed by atoms with van der Waals surface area (Å²) in [4.78, 5) is 9.71. The lowest BCUT2D eigenvalue weighted by atomic mass is 10.2. The standard InChI is InChI=1S/C16H24IN3O/c1-3-9-18-15-12(17)13(10-5-6-10)19-16(20-15)14(21-4-2)11-7-8-11/h10-11,14H,3-9H2,1-2H3,(H,18,19,20). The SMILES string of the molecule is CCCNc1nc(C(OCC)C2CC2)nc(C2CC2)c1I. The summed E-state index contributed by atoms with van der Waals surface area (Å²) in [5.74, 6) is 3.17. The Kier molecular flexibility index (Phi) is 4.99. The topological polar surface area (TPSA) is 47.0 Å². The first kappa shape index (κ1) is 15.5. The average molecular weight is 401 g/mol. The van der Waals surface area contributed by atoms with Crippen LogP contribution in [0.2, 0.25) is 0 Å². The predicted molar refractivity (Wildman–Crippen MR) is 92.6 cm³/mol. The number of hydrogen-bond acceptors (Lipinski definition) is 4. The molecule has 4 nitrogen and oxygen atoms in total. The van der Waals surface area contributed by atoms with Gasteiger partial charge in [0.15, 0.2) is 5.82 Å². The summed E-state index contributed by atoms with van der Waals surface area (Å²) >= 11 is 2.40. The number of nitrogens with one attached hydrogen (secondary N) is 1. The van der Waals surface area contributed by atoms with Crippen LogP contribution in [0, 0.1) is 9.49 Å². The largest absolute Gasteiger partial charge is 0.370 e. The molecule has 0 spiro atoms. The van der Waals surface area contributed by atoms with Gasteiger partial charge in [-0.15, -0.1) is 0 Å². The third-order valence-corrected chi connectivity index (χ3v) is 5.12. The highest BCUT2D eigenvalue weighted by atomic mass is 127. The maximum atomic E-state index is 5.95. The molecule has 1 heterocycles. The molecule has 5 heteroatoms. The zero-order valence-electron chi connectivity index (χ0n) is 12.9. The highest BCUT2D eigenvalue weighted by Crippen LogP contribution is 2.45. The fraction of sp³-hybridized carbons (Fsp3) is 0.750. The summed E-state index contributed by atoms with van der Waals surface area (Å²) < 4.78 is 7.16. The Labute approximate surface area is 140 Å². The van der Waals surface area contributed by atoms with E-state index >= 15 is 0 Å². The van der Waals surface area contributed by atoms with Gasteiger partial charge in [0.2, 0.25) is 0 Å². The second-order valence-corrected chi connectivity index (χ2v) is 7.12. The third-order valence-electron chi connectivity index (χ3n) is 4.05. The van der Waals surface area contributed by atoms with Crippen molar-refractivity contribution in [3.63, 3.8) is 0 Å². The number of ether oxygens (including phenoxy) is 1. The average Bonchev–Trinajstić information content (AvgIpc) is 3.37. The Morgan fingerprint density at radius 3 is 2.57 bits per heavy atom. The molecule has 0 aromatic carbocycles. The van der Waals surface area contributed by atoms with Crippen LogP contribution in [0.1, 0.15) is 69.5 Å². The Morgan fingerprint density at radius 2 is 2.00 bits per heavy atom. The number of hydrogen-bond donors (Lipinski definition) is 1. The maximum Gasteiger partial charge on any atom is 0.160 e. The maximum absolute atomic E-state index is 5.95. The molecule has 0 saturated heterocycles. The Balaban J connectivity index is 1.92. The molecule has 116 valence electrons. The van der Waals surface area contributed by atoms with Crippen LogP contribution < -0.4 is 5.32 Å². The Hall–Kier alpha value is -0.430. The van der Waals surface area contributed by atoms with Crippen molar-refractivity contribution < 1.29 is 4.74 Å². The second-order valence-electron chi connectivity index (χ2n) is 6.04. The molecule has 3 rings (SSSR count). The fourth-order valence-electron chi connectivity index (χ4n) is 2.60. The highest BCUT2D eigenvalue weighted by molar-refractivity contribution is 14.1. The second kappa shape index (κ2) is 6.77. The predicted octanol–water partition coefficient (Wildman–Crippen LogP) is 4.27. The zero-order valence-corrected chi connectivity index (χ0v) is 15.0. The van der Waals surface area contributed by atoms with Gasteiger partial charge in [0.1, 0.15) is 11.9 Å². The fourth-order valence-corrected chi connectivity index (χ4v) is 3.47. The van der Waals surface area contributed by atoms with Crippen molar-refractivity contribution in [2.75, 3.05) is 18.5 Å². The third kappa shape index (κ3) is 3.67. The lowest BCUT2D eigenvalue weighted by molar-refractivity contribution is 0.0399. The number of rotatable bonds is 8. The van der Waals surface area contributed by atoms with Crippen LogP contribution in [-0.4, -0.2) is 23.1 Å². The van der Waals surface area contributed by atoms with Gasteiger partial charge in [-0.25, -0.2) is 9.97 Å². The van der Waals surface area contributed by atoms with E-state index in [0.29, 0.717) is 11.8 Å². The minimum Gasteiger partial charge on any atom is -0.370 e. The van der Waals surface area contributed by atoms with Crippen molar-refractivity contribution in [2.24, 2.45) is 5.92 Å². The molecular formula is C16H24IN3O. The first-order valence-electron chi connectivity index (χ1n) is 8.17. The van der Waals surface area contributed by atoms with Crippen molar-refractivity contribution in [3.05, 3.63) is 15.1 Å². The van der Waals surface area contributed by atoms with E-state index in [1.54, 1.807) is 0 Å². The summed E-state index contributed by atoms with van der Waals surface area (Å²) in [7, 11) is 0. The van der Waals surface area contributed by atoms with Gasteiger partial charge >= 0.3 is 0 Å². The molecular weight excluding hydrogens is 377 g/mol. The lowest BCUT2D eigenvalue weighted by Crippen LogP contribution is -2.16. The first-order valence-corrected chi connectivity index (χ1v) is 9.25. The van der Waals surface area contributed by atoms with Gasteiger partial charge in [-0.3, -0.25) is 0 Å². The van der Waals surface area contributed by atoms with Crippen LogP contribution in [0.5, 0.6) is 0 Å². The first-order chi connectivity index (χ1) is 10.2. The minimum absolute atomic E-state index is 0.0895. The minimum atomic E-state index is 0.0895. The van der Waals surface area contributed by atoms with Gasteiger partial charge in [-0.05, 0) is 67.5 Å². The van der Waals surface area contributed by atoms with Gasteiger partial charge < -0.3 is 10.1 Å². The highest BCUT2D eigenvalue weighted by Gasteiger charge is 2.37. The van der Waals surface area contributed by atoms with E-state index in [0.717, 1.165) is 31.2 Å². The van der Waals surface area contributed by atoms with Crippen LogP contribution in [0.3, 0.4) is 0 Å². The van der Waals surface area contributed by atoms with E-state index in [4.69, 9.17) is 14.7 Å². The quantitative estimate of drug-likeness (QED) is 0.661. The molecule has 1 aromatic heterocycles. The number of halogens is 1. The Morgan fingerprint density at radius 1 is 1.24 bits per heavy atom. The van der Waals surface area contributed by atoms with Gasteiger partial charge in [0, 0.05) is 19.1 Å². The van der Waals surface area contributed by atoms with E-state index in [2.05, 4.69) is 41.8 Å². The normalized spacial score (nSPS) is 19.6. The molecule has 0 radical (unpaired) electrons. The molecule has 1 aromatic rings. The van der Waals surface area contributed by atoms with Crippen molar-refractivity contribution in [1.29, 1.82) is 0 Å². The smallest absolute Gasteiger partial charge is 0.160 e. The number of anilines is 1. The van der Waals surface area contributed by atoms with Crippen molar-refractivity contribution >= 4 is 28.4 Å². The van der Waals surface area contributed by atoms with Crippen molar-refractivity contribution in [2.45, 2.75) is 58.0 Å². The molecule has 2 aliphatic carbocycles. The van der Waals surface area contributed by atoms with Gasteiger partial charge in [0.25, 0.3) is 0 Å². The van der Waals surface area contributed by atoms with E-state index in [9.17, 15) is 0 Å². The molecule has 0 bridgehead atoms. The molecule has 21 heavy (non-hydrogen) atoms. The van der Waals surface area contributed by atoms with Crippen LogP contribution in [0.4, 0.5) is 5.82 Å². The summed E-state index contributed by atoms with van der Waals surface area (Å²) in [6, 6.07) is 0. The molecule has 2 saturated carbocycles. The Bertz CT molecular complexity index is 501. The number of aromatic nitrogens is 2. The molecule has 2 fully saturated rings. The van der Waals surface area contributed by atoms with Crippen LogP contribution in [0.15, 0.2) is 0 Å². The molecule has 1 unspecified atom stereocenters. The zero-order chi connectivity index (χ0) is 14.8. The van der Waals surface area contributed by atoms with E-state index in [1.165, 1.54) is 34.9 Å². The molecule has 0 amide bonds. The van der Waals surface area contributed by atoms with Crippen molar-refractivity contribution in [3.8, 4) is 0 Å². The summed E-state index contributed by atoms with van der Waals surface area (Å²) in [5, 5.41) is 3.47. The summed E-state index contributed by atoms with van der Waals surface area (Å²) in [6.07, 6.45) is 6.22. The van der Waals surface area contributed by atoms with E-state index in [1.807, 2.05) is 0 Å². The van der Waals surface area contributed by atoms with Gasteiger partial charge in [-0.2, -0.15) is 0 Å². The molecule has 1 N–H and O–H groups in total. The van der Waals surface area contributed by atoms with Crippen LogP contribution >= 0.6 is 22.6 Å². The van der Waals surface area contributed by atoms with Crippen LogP contribution in [0.25, 0.3) is 0 Å². The van der Waals surface area contributed by atoms with Crippen molar-refractivity contribution in [1.82, 2.24) is 9.97 Å². The molecule has 1 atom stereocenters. The van der Waals surface area contributed by atoms with E-state index in [-0.39, 0.29) is 6.10 Å². The monoisotopic (exact) mass is 401 g/mol. The van der Waals surface area contributed by atoms with E-state index < -0.39 is 0 Å². The summed E-state index contributed by atoms with van der Waals surface area (Å²) in [6.45, 7) is 5.92. The van der Waals surface area contributed by atoms with Gasteiger partial charge in [-0.1, -0.05) is 6.92 Å². The van der Waals surface area contributed by atoms with Crippen LogP contribution in [-0.2, 0) is 4.74 Å².